The predicted octanol–water partition coefficient (Wildman–Crippen LogP) is 1.41. The van der Waals surface area contributed by atoms with Crippen molar-refractivity contribution in [2.24, 2.45) is 0 Å². The fourth-order valence-corrected chi connectivity index (χ4v) is 3.81. The number of carbonyl (C=O) groups is 2. The van der Waals surface area contributed by atoms with E-state index in [1.807, 2.05) is 30.3 Å². The lowest BCUT2D eigenvalue weighted by atomic mass is 10.1. The molecule has 0 spiro atoms. The Balaban J connectivity index is 1.80. The summed E-state index contributed by atoms with van der Waals surface area (Å²) in [5, 5.41) is 9.84. The van der Waals surface area contributed by atoms with Crippen LogP contribution in [0.15, 0.2) is 54.6 Å². The van der Waals surface area contributed by atoms with Gasteiger partial charge in [-0.2, -0.15) is 0 Å². The number of amides is 2. The Morgan fingerprint density at radius 1 is 1.11 bits per heavy atom. The second-order valence-corrected chi connectivity index (χ2v) is 6.85. The molecule has 0 saturated carbocycles. The molecule has 1 fully saturated rings. The van der Waals surface area contributed by atoms with Crippen molar-refractivity contribution in [2.75, 3.05) is 25.2 Å². The molecule has 2 amide bonds. The molecule has 1 saturated heterocycles. The highest BCUT2D eigenvalue weighted by Crippen LogP contribution is 2.33. The predicted molar refractivity (Wildman–Crippen MR) is 102 cm³/mol. The number of nitrogens with zero attached hydrogens (tertiary/aromatic N) is 2. The first-order valence-corrected chi connectivity index (χ1v) is 9.18. The third-order valence-corrected chi connectivity index (χ3v) is 5.19. The summed E-state index contributed by atoms with van der Waals surface area (Å²) >= 11 is 0. The van der Waals surface area contributed by atoms with Crippen LogP contribution < -0.4 is 4.90 Å². The number of aliphatic hydroxyl groups excluding tert-OH is 1. The summed E-state index contributed by atoms with van der Waals surface area (Å²) < 4.78 is 11.0. The minimum absolute atomic E-state index is 0.121. The van der Waals surface area contributed by atoms with Crippen LogP contribution in [0.2, 0.25) is 0 Å². The van der Waals surface area contributed by atoms with Gasteiger partial charge in [-0.1, -0.05) is 42.5 Å². The van der Waals surface area contributed by atoms with Crippen molar-refractivity contribution in [3.05, 3.63) is 65.7 Å². The number of hydrogen-bond acceptors (Lipinski definition) is 5. The number of methoxy groups -OCH3 is 1. The van der Waals surface area contributed by atoms with Gasteiger partial charge in [0.25, 0.3) is 11.8 Å². The summed E-state index contributed by atoms with van der Waals surface area (Å²) in [6.07, 6.45) is -1.55. The van der Waals surface area contributed by atoms with Crippen molar-refractivity contribution in [1.82, 2.24) is 4.90 Å². The van der Waals surface area contributed by atoms with E-state index in [1.54, 1.807) is 29.2 Å². The highest BCUT2D eigenvalue weighted by atomic mass is 16.7. The lowest BCUT2D eigenvalue weighted by Gasteiger charge is -2.42. The van der Waals surface area contributed by atoms with Crippen LogP contribution in [-0.2, 0) is 20.8 Å². The first-order valence-electron chi connectivity index (χ1n) is 9.18. The molecule has 1 unspecified atom stereocenters. The van der Waals surface area contributed by atoms with Crippen molar-refractivity contribution in [3.8, 4) is 0 Å². The summed E-state index contributed by atoms with van der Waals surface area (Å²) in [6.45, 7) is 0.0471. The Hall–Kier alpha value is -2.74. The normalized spacial score (nSPS) is 24.6. The van der Waals surface area contributed by atoms with E-state index in [-0.39, 0.29) is 18.4 Å². The summed E-state index contributed by atoms with van der Waals surface area (Å²) in [4.78, 5) is 29.9. The zero-order valence-corrected chi connectivity index (χ0v) is 15.5. The summed E-state index contributed by atoms with van der Waals surface area (Å²) in [7, 11) is 1.47. The molecule has 0 bridgehead atoms. The molecule has 146 valence electrons. The molecule has 2 heterocycles. The topological polar surface area (TPSA) is 79.3 Å². The second kappa shape index (κ2) is 7.71. The smallest absolute Gasteiger partial charge is 0.256 e. The second-order valence-electron chi connectivity index (χ2n) is 6.85. The SMILES string of the molecule is COC1CN2C(=O)c3ccccc3N(Cc3ccccc3)C(=O)[C@H]2[C@@H](CO)O1. The standard InChI is InChI=1S/C21H22N2O5/c1-27-18-12-23-19(17(13-24)28-18)21(26)22(11-14-7-3-2-4-8-14)16-10-6-5-9-15(16)20(23)25/h2-10,17-19,24H,11-13H2,1H3/t17-,18?,19-/m1/s1. The maximum Gasteiger partial charge on any atom is 0.256 e. The lowest BCUT2D eigenvalue weighted by Crippen LogP contribution is -2.62. The van der Waals surface area contributed by atoms with Gasteiger partial charge in [-0.3, -0.25) is 9.59 Å². The molecule has 7 heteroatoms. The molecular weight excluding hydrogens is 360 g/mol. The van der Waals surface area contributed by atoms with E-state index >= 15 is 0 Å². The van der Waals surface area contributed by atoms with E-state index in [1.165, 1.54) is 12.0 Å². The van der Waals surface area contributed by atoms with E-state index in [9.17, 15) is 14.7 Å². The van der Waals surface area contributed by atoms with Crippen molar-refractivity contribution in [3.63, 3.8) is 0 Å². The van der Waals surface area contributed by atoms with E-state index < -0.39 is 25.0 Å². The third-order valence-electron chi connectivity index (χ3n) is 5.19. The molecule has 3 atom stereocenters. The van der Waals surface area contributed by atoms with Gasteiger partial charge in [0.05, 0.1) is 30.9 Å². The number of anilines is 1. The number of morpholine rings is 1. The van der Waals surface area contributed by atoms with Crippen LogP contribution in [0.25, 0.3) is 0 Å². The summed E-state index contributed by atoms with van der Waals surface area (Å²) in [5.74, 6) is -0.552. The Morgan fingerprint density at radius 2 is 1.82 bits per heavy atom. The zero-order chi connectivity index (χ0) is 19.7. The minimum Gasteiger partial charge on any atom is -0.394 e. The molecule has 2 aliphatic rings. The molecular formula is C21H22N2O5. The molecule has 0 aliphatic carbocycles. The van der Waals surface area contributed by atoms with Gasteiger partial charge in [0.2, 0.25) is 0 Å². The average Bonchev–Trinajstić information content (AvgIpc) is 2.83. The van der Waals surface area contributed by atoms with Crippen LogP contribution >= 0.6 is 0 Å². The lowest BCUT2D eigenvalue weighted by molar-refractivity contribution is -0.215. The largest absolute Gasteiger partial charge is 0.394 e. The Bertz CT molecular complexity index is 872. The first-order chi connectivity index (χ1) is 13.6. The zero-order valence-electron chi connectivity index (χ0n) is 15.5. The molecule has 0 radical (unpaired) electrons. The molecule has 0 aromatic heterocycles. The summed E-state index contributed by atoms with van der Waals surface area (Å²) in [6, 6.07) is 15.7. The maximum absolute atomic E-state index is 13.6. The number of rotatable bonds is 4. The Morgan fingerprint density at radius 3 is 2.54 bits per heavy atom. The Labute approximate surface area is 163 Å². The van der Waals surface area contributed by atoms with Gasteiger partial charge in [0, 0.05) is 7.11 Å². The van der Waals surface area contributed by atoms with Crippen LogP contribution in [0.5, 0.6) is 0 Å². The van der Waals surface area contributed by atoms with E-state index in [0.717, 1.165) is 5.56 Å². The van der Waals surface area contributed by atoms with Crippen molar-refractivity contribution >= 4 is 17.5 Å². The fourth-order valence-electron chi connectivity index (χ4n) is 3.81. The van der Waals surface area contributed by atoms with Gasteiger partial charge in [-0.25, -0.2) is 0 Å². The van der Waals surface area contributed by atoms with Gasteiger partial charge in [-0.05, 0) is 17.7 Å². The van der Waals surface area contributed by atoms with Gasteiger partial charge in [0.15, 0.2) is 6.29 Å². The van der Waals surface area contributed by atoms with Crippen molar-refractivity contribution in [1.29, 1.82) is 0 Å². The van der Waals surface area contributed by atoms with Crippen LogP contribution in [0, 0.1) is 0 Å². The highest BCUT2D eigenvalue weighted by Gasteiger charge is 2.48. The average molecular weight is 382 g/mol. The van der Waals surface area contributed by atoms with E-state index in [2.05, 4.69) is 0 Å². The number of ether oxygens (including phenoxy) is 2. The van der Waals surface area contributed by atoms with Gasteiger partial charge in [-0.15, -0.1) is 0 Å². The van der Waals surface area contributed by atoms with Crippen LogP contribution in [-0.4, -0.2) is 60.5 Å². The maximum atomic E-state index is 13.6. The molecule has 7 nitrogen and oxygen atoms in total. The molecule has 2 aromatic carbocycles. The molecule has 2 aromatic rings. The number of para-hydroxylation sites is 1. The highest BCUT2D eigenvalue weighted by molar-refractivity contribution is 6.11. The molecule has 1 N–H and O–H groups in total. The number of aliphatic hydroxyl groups is 1. The number of hydrogen-bond donors (Lipinski definition) is 1. The van der Waals surface area contributed by atoms with Crippen molar-refractivity contribution < 1.29 is 24.2 Å². The first kappa shape index (κ1) is 18.6. The van der Waals surface area contributed by atoms with Gasteiger partial charge < -0.3 is 24.4 Å². The van der Waals surface area contributed by atoms with Crippen LogP contribution in [0.4, 0.5) is 5.69 Å². The van der Waals surface area contributed by atoms with E-state index in [0.29, 0.717) is 17.8 Å². The molecule has 28 heavy (non-hydrogen) atoms. The summed E-state index contributed by atoms with van der Waals surface area (Å²) in [5.41, 5.74) is 1.95. The minimum atomic E-state index is -0.917. The van der Waals surface area contributed by atoms with Crippen LogP contribution in [0.1, 0.15) is 15.9 Å². The quantitative estimate of drug-likeness (QED) is 0.865. The third kappa shape index (κ3) is 3.17. The number of fused-ring (bicyclic) bond motifs is 2. The monoisotopic (exact) mass is 382 g/mol. The molecule has 4 rings (SSSR count). The van der Waals surface area contributed by atoms with Gasteiger partial charge in [0.1, 0.15) is 12.1 Å². The van der Waals surface area contributed by atoms with Gasteiger partial charge >= 0.3 is 0 Å². The van der Waals surface area contributed by atoms with E-state index in [4.69, 9.17) is 9.47 Å². The Kier molecular flexibility index (Phi) is 5.13. The number of benzene rings is 2. The van der Waals surface area contributed by atoms with Crippen molar-refractivity contribution in [2.45, 2.75) is 25.0 Å². The van der Waals surface area contributed by atoms with Crippen LogP contribution in [0.3, 0.4) is 0 Å². The number of carbonyl (C=O) groups excluding carboxylic acids is 2. The molecule has 2 aliphatic heterocycles. The fraction of sp³-hybridized carbons (Fsp3) is 0.333.